The maximum atomic E-state index is 12.5. The monoisotopic (exact) mass is 457 g/mol. The second kappa shape index (κ2) is 9.70. The van der Waals surface area contributed by atoms with Crippen LogP contribution < -0.4 is 10.9 Å². The lowest BCUT2D eigenvalue weighted by Crippen LogP contribution is -2.28. The Balaban J connectivity index is 1.45. The lowest BCUT2D eigenvalue weighted by molar-refractivity contribution is 0.0687. The lowest BCUT2D eigenvalue weighted by Gasteiger charge is -2.24. The van der Waals surface area contributed by atoms with E-state index in [-0.39, 0.29) is 11.6 Å². The van der Waals surface area contributed by atoms with Gasteiger partial charge in [-0.2, -0.15) is 0 Å². The van der Waals surface area contributed by atoms with Gasteiger partial charge in [0, 0.05) is 55.3 Å². The Kier molecular flexibility index (Phi) is 6.33. The van der Waals surface area contributed by atoms with E-state index in [1.807, 2.05) is 38.4 Å². The van der Waals surface area contributed by atoms with Crippen molar-refractivity contribution in [1.82, 2.24) is 25.0 Å². The van der Waals surface area contributed by atoms with E-state index in [0.29, 0.717) is 30.4 Å². The van der Waals surface area contributed by atoms with Crippen LogP contribution in [-0.2, 0) is 11.3 Å². The van der Waals surface area contributed by atoms with Gasteiger partial charge in [0.25, 0.3) is 5.56 Å². The van der Waals surface area contributed by atoms with Gasteiger partial charge in [-0.05, 0) is 38.4 Å². The van der Waals surface area contributed by atoms with Gasteiger partial charge in [-0.3, -0.25) is 9.78 Å². The second-order valence-electron chi connectivity index (χ2n) is 8.50. The Morgan fingerprint density at radius 1 is 1.06 bits per heavy atom. The zero-order valence-corrected chi connectivity index (χ0v) is 19.3. The molecule has 0 radical (unpaired) electrons. The molecule has 1 aromatic carbocycles. The van der Waals surface area contributed by atoms with Crippen LogP contribution in [0.4, 0.5) is 0 Å². The molecule has 1 aliphatic heterocycles. The second-order valence-corrected chi connectivity index (χ2v) is 8.50. The average Bonchev–Trinajstić information content (AvgIpc) is 3.36. The van der Waals surface area contributed by atoms with Crippen molar-refractivity contribution >= 4 is 0 Å². The summed E-state index contributed by atoms with van der Waals surface area (Å²) in [7, 11) is 1.93. The van der Waals surface area contributed by atoms with Crippen LogP contribution in [0.5, 0.6) is 0 Å². The minimum Gasteiger partial charge on any atom is -0.381 e. The van der Waals surface area contributed by atoms with Crippen molar-refractivity contribution in [2.45, 2.75) is 32.4 Å². The van der Waals surface area contributed by atoms with Crippen LogP contribution in [0.15, 0.2) is 64.2 Å². The molecule has 34 heavy (non-hydrogen) atoms. The summed E-state index contributed by atoms with van der Waals surface area (Å²) in [5, 5.41) is 7.40. The Bertz CT molecular complexity index is 1340. The first-order chi connectivity index (χ1) is 16.6. The summed E-state index contributed by atoms with van der Waals surface area (Å²) in [5.41, 5.74) is 5.78. The molecular formula is C26H27N5O3. The Hall–Kier alpha value is -3.62. The van der Waals surface area contributed by atoms with Crippen LogP contribution in [0.25, 0.3) is 34.0 Å². The summed E-state index contributed by atoms with van der Waals surface area (Å²) >= 11 is 0. The van der Waals surface area contributed by atoms with E-state index in [1.54, 1.807) is 22.9 Å². The van der Waals surface area contributed by atoms with Crippen molar-refractivity contribution < 1.29 is 9.26 Å². The third-order valence-corrected chi connectivity index (χ3v) is 6.15. The third kappa shape index (κ3) is 4.55. The maximum absolute atomic E-state index is 12.5. The van der Waals surface area contributed by atoms with Crippen molar-refractivity contribution in [3.05, 3.63) is 76.5 Å². The predicted molar refractivity (Wildman–Crippen MR) is 129 cm³/mol. The SMILES string of the molecule is CNCc1ccc(-c2cc(-c3nc(-c4ccc(=O)n(C5CCOCC5)c4)cnc3C)on2)cc1. The zero-order valence-electron chi connectivity index (χ0n) is 19.3. The molecule has 174 valence electrons. The van der Waals surface area contributed by atoms with Crippen molar-refractivity contribution in [2.24, 2.45) is 0 Å². The molecule has 4 heterocycles. The van der Waals surface area contributed by atoms with Gasteiger partial charge in [0.1, 0.15) is 11.4 Å². The van der Waals surface area contributed by atoms with Crippen LogP contribution in [0.2, 0.25) is 0 Å². The number of nitrogens with one attached hydrogen (secondary N) is 1. The predicted octanol–water partition coefficient (Wildman–Crippen LogP) is 4.01. The number of hydrogen-bond donors (Lipinski definition) is 1. The molecule has 0 bridgehead atoms. The topological polar surface area (TPSA) is 95.1 Å². The minimum absolute atomic E-state index is 0.0171. The summed E-state index contributed by atoms with van der Waals surface area (Å²) in [6, 6.07) is 13.6. The first-order valence-corrected chi connectivity index (χ1v) is 11.5. The Morgan fingerprint density at radius 2 is 1.82 bits per heavy atom. The number of pyridine rings is 1. The quantitative estimate of drug-likeness (QED) is 0.467. The number of aryl methyl sites for hydroxylation is 1. The summed E-state index contributed by atoms with van der Waals surface area (Å²) in [6.45, 7) is 4.04. The van der Waals surface area contributed by atoms with Crippen LogP contribution >= 0.6 is 0 Å². The van der Waals surface area contributed by atoms with E-state index in [4.69, 9.17) is 14.2 Å². The molecule has 4 aromatic rings. The smallest absolute Gasteiger partial charge is 0.250 e. The van der Waals surface area contributed by atoms with Gasteiger partial charge >= 0.3 is 0 Å². The highest BCUT2D eigenvalue weighted by atomic mass is 16.5. The molecule has 8 nitrogen and oxygen atoms in total. The summed E-state index contributed by atoms with van der Waals surface area (Å²) in [5.74, 6) is 0.555. The fourth-order valence-corrected chi connectivity index (χ4v) is 4.25. The van der Waals surface area contributed by atoms with Gasteiger partial charge in [-0.25, -0.2) is 4.98 Å². The van der Waals surface area contributed by atoms with Crippen LogP contribution in [0.1, 0.15) is 30.1 Å². The molecule has 1 aliphatic rings. The molecule has 3 aromatic heterocycles. The number of ether oxygens (including phenoxy) is 1. The molecule has 1 fully saturated rings. The molecule has 5 rings (SSSR count). The molecule has 0 atom stereocenters. The van der Waals surface area contributed by atoms with Crippen LogP contribution in [0, 0.1) is 6.92 Å². The standard InChI is InChI=1S/C26H27N5O3/c1-17-26(24-13-22(30-34-24)19-5-3-18(4-6-19)14-27-2)29-23(15-28-17)20-7-8-25(32)31(16-20)21-9-11-33-12-10-21/h3-8,13,15-16,21,27H,9-12,14H2,1-2H3. The highest BCUT2D eigenvalue weighted by molar-refractivity contribution is 5.68. The van der Waals surface area contributed by atoms with Crippen LogP contribution in [-0.4, -0.2) is 40.0 Å². The Morgan fingerprint density at radius 3 is 2.59 bits per heavy atom. The zero-order chi connectivity index (χ0) is 23.5. The summed E-state index contributed by atoms with van der Waals surface area (Å²) < 4.78 is 12.9. The number of aromatic nitrogens is 4. The van der Waals surface area contributed by atoms with Crippen molar-refractivity contribution in [1.29, 1.82) is 0 Å². The normalized spacial score (nSPS) is 14.4. The van der Waals surface area contributed by atoms with Gasteiger partial charge in [0.2, 0.25) is 0 Å². The van der Waals surface area contributed by atoms with Crippen LogP contribution in [0.3, 0.4) is 0 Å². The van der Waals surface area contributed by atoms with Gasteiger partial charge < -0.3 is 19.1 Å². The third-order valence-electron chi connectivity index (χ3n) is 6.15. The molecule has 1 saturated heterocycles. The van der Waals surface area contributed by atoms with Crippen molar-refractivity contribution in [3.63, 3.8) is 0 Å². The molecule has 1 N–H and O–H groups in total. The number of nitrogens with zero attached hydrogens (tertiary/aromatic N) is 4. The van der Waals surface area contributed by atoms with E-state index in [1.165, 1.54) is 5.56 Å². The van der Waals surface area contributed by atoms with Gasteiger partial charge in [-0.1, -0.05) is 29.4 Å². The fourth-order valence-electron chi connectivity index (χ4n) is 4.25. The highest BCUT2D eigenvalue weighted by Crippen LogP contribution is 2.29. The molecule has 0 amide bonds. The minimum atomic E-state index is -0.0171. The van der Waals surface area contributed by atoms with Crippen molar-refractivity contribution in [2.75, 3.05) is 20.3 Å². The molecule has 0 aliphatic carbocycles. The summed E-state index contributed by atoms with van der Waals surface area (Å²) in [6.07, 6.45) is 5.25. The largest absolute Gasteiger partial charge is 0.381 e. The molecule has 8 heteroatoms. The van der Waals surface area contributed by atoms with Gasteiger partial charge in [0.15, 0.2) is 5.76 Å². The van der Waals surface area contributed by atoms with E-state index < -0.39 is 0 Å². The molecule has 0 saturated carbocycles. The Labute approximate surface area is 197 Å². The van der Waals surface area contributed by atoms with E-state index in [0.717, 1.165) is 41.9 Å². The number of rotatable bonds is 6. The average molecular weight is 458 g/mol. The fraction of sp³-hybridized carbons (Fsp3) is 0.308. The van der Waals surface area contributed by atoms with Gasteiger partial charge in [-0.15, -0.1) is 0 Å². The lowest BCUT2D eigenvalue weighted by atomic mass is 10.1. The first kappa shape index (κ1) is 22.2. The molecule has 0 unspecified atom stereocenters. The van der Waals surface area contributed by atoms with E-state index in [2.05, 4.69) is 27.6 Å². The first-order valence-electron chi connectivity index (χ1n) is 11.5. The van der Waals surface area contributed by atoms with Gasteiger partial charge in [0.05, 0.1) is 17.6 Å². The summed E-state index contributed by atoms with van der Waals surface area (Å²) in [4.78, 5) is 21.9. The highest BCUT2D eigenvalue weighted by Gasteiger charge is 2.19. The van der Waals surface area contributed by atoms with Crippen molar-refractivity contribution in [3.8, 4) is 34.0 Å². The van der Waals surface area contributed by atoms with E-state index in [9.17, 15) is 4.79 Å². The van der Waals surface area contributed by atoms with E-state index >= 15 is 0 Å². The molecular weight excluding hydrogens is 430 g/mol. The maximum Gasteiger partial charge on any atom is 0.250 e. The number of benzene rings is 1. The number of hydrogen-bond acceptors (Lipinski definition) is 7. The molecule has 0 spiro atoms.